The molecule has 0 radical (unpaired) electrons. The Kier molecular flexibility index (Phi) is 5.84. The molecule has 1 heterocycles. The first-order valence-corrected chi connectivity index (χ1v) is 7.22. The molecule has 0 bridgehead atoms. The summed E-state index contributed by atoms with van der Waals surface area (Å²) in [4.78, 5) is 0. The van der Waals surface area contributed by atoms with E-state index in [0.717, 1.165) is 41.5 Å². The summed E-state index contributed by atoms with van der Waals surface area (Å²) < 4.78 is 16.7. The van der Waals surface area contributed by atoms with Gasteiger partial charge in [0, 0.05) is 12.7 Å². The van der Waals surface area contributed by atoms with Crippen LogP contribution in [0.1, 0.15) is 29.6 Å². The molecule has 0 saturated carbocycles. The molecule has 21 heavy (non-hydrogen) atoms. The number of hydrogen-bond acceptors (Lipinski definition) is 4. The van der Waals surface area contributed by atoms with Gasteiger partial charge in [-0.15, -0.1) is 0 Å². The Morgan fingerprint density at radius 2 is 2.05 bits per heavy atom. The highest BCUT2D eigenvalue weighted by Gasteiger charge is 2.08. The fourth-order valence-electron chi connectivity index (χ4n) is 2.12. The zero-order valence-corrected chi connectivity index (χ0v) is 12.9. The van der Waals surface area contributed by atoms with Crippen LogP contribution < -0.4 is 10.1 Å². The van der Waals surface area contributed by atoms with Gasteiger partial charge in [-0.1, -0.05) is 19.1 Å². The highest BCUT2D eigenvalue weighted by Crippen LogP contribution is 2.19. The second-order valence-electron chi connectivity index (χ2n) is 4.94. The van der Waals surface area contributed by atoms with Gasteiger partial charge in [-0.25, -0.2) is 0 Å². The van der Waals surface area contributed by atoms with Gasteiger partial charge in [-0.05, 0) is 37.2 Å². The number of furan rings is 1. The number of aryl methyl sites for hydroxylation is 1. The quantitative estimate of drug-likeness (QED) is 0.808. The summed E-state index contributed by atoms with van der Waals surface area (Å²) in [5, 5.41) is 3.25. The molecule has 4 nitrogen and oxygen atoms in total. The smallest absolute Gasteiger partial charge is 0.120 e. The average molecular weight is 289 g/mol. The number of benzene rings is 1. The van der Waals surface area contributed by atoms with Gasteiger partial charge in [0.2, 0.25) is 0 Å². The van der Waals surface area contributed by atoms with Crippen molar-refractivity contribution in [1.29, 1.82) is 0 Å². The molecule has 1 aromatic heterocycles. The van der Waals surface area contributed by atoms with Crippen molar-refractivity contribution in [3.05, 3.63) is 53.0 Å². The van der Waals surface area contributed by atoms with Gasteiger partial charge in [0.05, 0.1) is 13.2 Å². The predicted octanol–water partition coefficient (Wildman–Crippen LogP) is 3.42. The molecule has 2 aromatic rings. The molecule has 0 fully saturated rings. The minimum absolute atomic E-state index is 0.512. The summed E-state index contributed by atoms with van der Waals surface area (Å²) in [5.74, 6) is 2.70. The zero-order valence-electron chi connectivity index (χ0n) is 12.9. The fourth-order valence-corrected chi connectivity index (χ4v) is 2.12. The molecular formula is C17H23NO3. The van der Waals surface area contributed by atoms with Crippen LogP contribution in [0, 0.1) is 6.92 Å². The molecule has 2 rings (SSSR count). The SMILES string of the molecule is CCNCc1cc(COc2cccc(COC)c2)c(C)o1. The summed E-state index contributed by atoms with van der Waals surface area (Å²) in [6.45, 7) is 6.83. The Hall–Kier alpha value is -1.78. The summed E-state index contributed by atoms with van der Waals surface area (Å²) >= 11 is 0. The van der Waals surface area contributed by atoms with Gasteiger partial charge >= 0.3 is 0 Å². The van der Waals surface area contributed by atoms with E-state index in [0.29, 0.717) is 13.2 Å². The fraction of sp³-hybridized carbons (Fsp3) is 0.412. The summed E-state index contributed by atoms with van der Waals surface area (Å²) in [6.07, 6.45) is 0. The number of rotatable bonds is 8. The molecule has 0 aliphatic rings. The first-order chi connectivity index (χ1) is 10.2. The van der Waals surface area contributed by atoms with Crippen LogP contribution in [0.2, 0.25) is 0 Å². The maximum Gasteiger partial charge on any atom is 0.120 e. The van der Waals surface area contributed by atoms with Crippen molar-refractivity contribution in [1.82, 2.24) is 5.32 Å². The minimum Gasteiger partial charge on any atom is -0.489 e. The van der Waals surface area contributed by atoms with E-state index in [1.807, 2.05) is 31.2 Å². The molecule has 0 saturated heterocycles. The number of nitrogens with one attached hydrogen (secondary N) is 1. The van der Waals surface area contributed by atoms with Gasteiger partial charge in [0.1, 0.15) is 23.9 Å². The van der Waals surface area contributed by atoms with Gasteiger partial charge in [0.15, 0.2) is 0 Å². The van der Waals surface area contributed by atoms with Crippen molar-refractivity contribution in [2.45, 2.75) is 33.6 Å². The Morgan fingerprint density at radius 3 is 2.81 bits per heavy atom. The first-order valence-electron chi connectivity index (χ1n) is 7.22. The molecule has 114 valence electrons. The largest absolute Gasteiger partial charge is 0.489 e. The summed E-state index contributed by atoms with van der Waals surface area (Å²) in [6, 6.07) is 10.0. The van der Waals surface area contributed by atoms with Crippen LogP contribution in [0.25, 0.3) is 0 Å². The lowest BCUT2D eigenvalue weighted by Crippen LogP contribution is -2.10. The predicted molar refractivity (Wildman–Crippen MR) is 82.3 cm³/mol. The summed E-state index contributed by atoms with van der Waals surface area (Å²) in [5.41, 5.74) is 2.19. The third-order valence-corrected chi connectivity index (χ3v) is 3.22. The van der Waals surface area contributed by atoms with Crippen LogP contribution in [0.4, 0.5) is 0 Å². The van der Waals surface area contributed by atoms with E-state index in [9.17, 15) is 0 Å². The third kappa shape index (κ3) is 4.62. The van der Waals surface area contributed by atoms with Crippen molar-refractivity contribution >= 4 is 0 Å². The maximum atomic E-state index is 5.84. The molecule has 1 aromatic carbocycles. The third-order valence-electron chi connectivity index (χ3n) is 3.22. The minimum atomic E-state index is 0.512. The molecule has 0 atom stereocenters. The standard InChI is InChI=1S/C17H23NO3/c1-4-18-10-17-9-15(13(2)21-17)12-20-16-7-5-6-14(8-16)11-19-3/h5-9,18H,4,10-12H2,1-3H3. The van der Waals surface area contributed by atoms with E-state index >= 15 is 0 Å². The molecule has 0 aliphatic heterocycles. The van der Waals surface area contributed by atoms with Crippen LogP contribution in [0.3, 0.4) is 0 Å². The molecule has 0 amide bonds. The molecule has 0 unspecified atom stereocenters. The van der Waals surface area contributed by atoms with Gasteiger partial charge in [-0.2, -0.15) is 0 Å². The van der Waals surface area contributed by atoms with E-state index in [4.69, 9.17) is 13.9 Å². The summed E-state index contributed by atoms with van der Waals surface area (Å²) in [7, 11) is 1.69. The Labute approximate surface area is 126 Å². The lowest BCUT2D eigenvalue weighted by Gasteiger charge is -2.07. The second-order valence-corrected chi connectivity index (χ2v) is 4.94. The molecule has 4 heteroatoms. The maximum absolute atomic E-state index is 5.84. The van der Waals surface area contributed by atoms with Crippen LogP contribution >= 0.6 is 0 Å². The van der Waals surface area contributed by atoms with Crippen molar-refractivity contribution < 1.29 is 13.9 Å². The van der Waals surface area contributed by atoms with Crippen molar-refractivity contribution in [2.24, 2.45) is 0 Å². The normalized spacial score (nSPS) is 10.8. The number of hydrogen-bond donors (Lipinski definition) is 1. The number of ether oxygens (including phenoxy) is 2. The second kappa shape index (κ2) is 7.86. The molecule has 0 spiro atoms. The van der Waals surface area contributed by atoms with Gasteiger partial charge in [-0.3, -0.25) is 0 Å². The van der Waals surface area contributed by atoms with E-state index in [1.54, 1.807) is 7.11 Å². The van der Waals surface area contributed by atoms with Gasteiger partial charge in [0.25, 0.3) is 0 Å². The van der Waals surface area contributed by atoms with Gasteiger partial charge < -0.3 is 19.2 Å². The lowest BCUT2D eigenvalue weighted by atomic mass is 10.2. The van der Waals surface area contributed by atoms with Crippen LogP contribution in [-0.4, -0.2) is 13.7 Å². The average Bonchev–Trinajstić information content (AvgIpc) is 2.84. The van der Waals surface area contributed by atoms with Crippen molar-refractivity contribution in [3.8, 4) is 5.75 Å². The number of methoxy groups -OCH3 is 1. The van der Waals surface area contributed by atoms with Crippen molar-refractivity contribution in [3.63, 3.8) is 0 Å². The Bertz CT molecular complexity index is 563. The highest BCUT2D eigenvalue weighted by atomic mass is 16.5. The molecule has 0 aliphatic carbocycles. The zero-order chi connectivity index (χ0) is 15.1. The van der Waals surface area contributed by atoms with Crippen LogP contribution in [0.5, 0.6) is 5.75 Å². The monoisotopic (exact) mass is 289 g/mol. The van der Waals surface area contributed by atoms with E-state index in [2.05, 4.69) is 18.3 Å². The topological polar surface area (TPSA) is 43.6 Å². The van der Waals surface area contributed by atoms with Crippen LogP contribution in [-0.2, 0) is 24.5 Å². The van der Waals surface area contributed by atoms with Crippen LogP contribution in [0.15, 0.2) is 34.7 Å². The molecule has 1 N–H and O–H groups in total. The first kappa shape index (κ1) is 15.6. The van der Waals surface area contributed by atoms with Crippen molar-refractivity contribution in [2.75, 3.05) is 13.7 Å². The molecular weight excluding hydrogens is 266 g/mol. The highest BCUT2D eigenvalue weighted by molar-refractivity contribution is 5.29. The van der Waals surface area contributed by atoms with E-state index in [1.165, 1.54) is 0 Å². The van der Waals surface area contributed by atoms with E-state index in [-0.39, 0.29) is 0 Å². The Balaban J connectivity index is 1.96. The Morgan fingerprint density at radius 1 is 1.19 bits per heavy atom. The lowest BCUT2D eigenvalue weighted by molar-refractivity contribution is 0.184. The van der Waals surface area contributed by atoms with E-state index < -0.39 is 0 Å².